The average Bonchev–Trinajstić information content (AvgIpc) is 3.57. The van der Waals surface area contributed by atoms with Crippen LogP contribution >= 0.6 is 0 Å². The van der Waals surface area contributed by atoms with Gasteiger partial charge in [-0.05, 0) is 54.6 Å². The van der Waals surface area contributed by atoms with Crippen LogP contribution in [0.5, 0.6) is 0 Å². The van der Waals surface area contributed by atoms with E-state index in [1.807, 2.05) is 35.9 Å². The van der Waals surface area contributed by atoms with Gasteiger partial charge in [-0.3, -0.25) is 4.57 Å². The van der Waals surface area contributed by atoms with Gasteiger partial charge in [-0.1, -0.05) is 12.1 Å². The smallest absolute Gasteiger partial charge is 0.185 e. The van der Waals surface area contributed by atoms with E-state index in [1.54, 1.807) is 6.33 Å². The lowest BCUT2D eigenvalue weighted by Gasteiger charge is -2.20. The molecule has 2 aromatic heterocycles. The standard InChI is InChI=1S/C26H25N7O/c1-28-11-21-14-31(15-25(21)34)22-6-7-23-20(8-22)13-32-12-19(18-4-2-17(10-27)3-5-18)9-24(32)26-30-29-16-33(23)26/h2-9,12,16,21,25,28,34H,11,13-15H2,1H3/t21-,25-/m0/s1. The molecule has 4 heterocycles. The Balaban J connectivity index is 1.38. The van der Waals surface area contributed by atoms with E-state index in [4.69, 9.17) is 5.26 Å². The predicted molar refractivity (Wildman–Crippen MR) is 130 cm³/mol. The molecule has 1 fully saturated rings. The molecule has 2 atom stereocenters. The number of aliphatic hydroxyl groups is 1. The van der Waals surface area contributed by atoms with Crippen LogP contribution < -0.4 is 10.2 Å². The highest BCUT2D eigenvalue weighted by Gasteiger charge is 2.31. The molecule has 2 aromatic carbocycles. The zero-order valence-corrected chi connectivity index (χ0v) is 18.9. The first-order chi connectivity index (χ1) is 16.6. The van der Waals surface area contributed by atoms with Gasteiger partial charge in [0, 0.05) is 49.5 Å². The highest BCUT2D eigenvalue weighted by atomic mass is 16.3. The number of anilines is 1. The Labute approximate surface area is 197 Å². The summed E-state index contributed by atoms with van der Waals surface area (Å²) in [6.07, 6.45) is 3.57. The van der Waals surface area contributed by atoms with Crippen molar-refractivity contribution in [1.82, 2.24) is 24.6 Å². The summed E-state index contributed by atoms with van der Waals surface area (Å²) < 4.78 is 4.26. The summed E-state index contributed by atoms with van der Waals surface area (Å²) in [4.78, 5) is 2.27. The highest BCUT2D eigenvalue weighted by molar-refractivity contribution is 5.72. The van der Waals surface area contributed by atoms with Gasteiger partial charge in [0.25, 0.3) is 0 Å². The van der Waals surface area contributed by atoms with Crippen molar-refractivity contribution in [3.05, 3.63) is 72.2 Å². The van der Waals surface area contributed by atoms with Crippen molar-refractivity contribution in [2.45, 2.75) is 12.6 Å². The molecule has 0 aliphatic carbocycles. The van der Waals surface area contributed by atoms with Crippen LogP contribution in [0.1, 0.15) is 11.1 Å². The van der Waals surface area contributed by atoms with Gasteiger partial charge >= 0.3 is 0 Å². The highest BCUT2D eigenvalue weighted by Crippen LogP contribution is 2.35. The summed E-state index contributed by atoms with van der Waals surface area (Å²) in [7, 11) is 1.93. The maximum Gasteiger partial charge on any atom is 0.185 e. The molecule has 0 spiro atoms. The van der Waals surface area contributed by atoms with Gasteiger partial charge < -0.3 is 19.9 Å². The number of β-amino-alcohol motifs (C(OH)–C–C–N with tert-alkyl or cyclic N) is 1. The number of aliphatic hydroxyl groups excluding tert-OH is 1. The molecule has 2 N–H and O–H groups in total. The van der Waals surface area contributed by atoms with Crippen molar-refractivity contribution in [1.29, 1.82) is 5.26 Å². The Hall–Kier alpha value is -3.93. The van der Waals surface area contributed by atoms with Crippen LogP contribution in [-0.2, 0) is 6.54 Å². The largest absolute Gasteiger partial charge is 0.391 e. The summed E-state index contributed by atoms with van der Waals surface area (Å²) in [5.74, 6) is 1.02. The molecule has 0 amide bonds. The van der Waals surface area contributed by atoms with Crippen LogP contribution in [0, 0.1) is 17.2 Å². The number of nitrogens with one attached hydrogen (secondary N) is 1. The van der Waals surface area contributed by atoms with Gasteiger partial charge in [-0.2, -0.15) is 5.26 Å². The minimum Gasteiger partial charge on any atom is -0.391 e. The van der Waals surface area contributed by atoms with E-state index < -0.39 is 0 Å². The van der Waals surface area contributed by atoms with E-state index >= 15 is 0 Å². The zero-order valence-electron chi connectivity index (χ0n) is 18.9. The van der Waals surface area contributed by atoms with Crippen LogP contribution in [0.15, 0.2) is 61.1 Å². The molecule has 8 nitrogen and oxygen atoms in total. The van der Waals surface area contributed by atoms with E-state index in [-0.39, 0.29) is 12.0 Å². The van der Waals surface area contributed by atoms with Crippen molar-refractivity contribution >= 4 is 5.69 Å². The van der Waals surface area contributed by atoms with E-state index in [2.05, 4.69) is 61.5 Å². The molecule has 0 unspecified atom stereocenters. The SMILES string of the molecule is CNC[C@H]1CN(c2ccc3c(c2)Cn2cc(-c4ccc(C#N)cc4)cc2-c2nncn2-3)C[C@@H]1O. The topological polar surface area (TPSA) is 94.9 Å². The number of rotatable bonds is 4. The monoisotopic (exact) mass is 451 g/mol. The molecule has 0 saturated carbocycles. The maximum atomic E-state index is 10.5. The summed E-state index contributed by atoms with van der Waals surface area (Å²) in [6.45, 7) is 2.98. The van der Waals surface area contributed by atoms with E-state index in [0.717, 1.165) is 47.1 Å². The average molecular weight is 452 g/mol. The second-order valence-corrected chi connectivity index (χ2v) is 9.06. The first-order valence-electron chi connectivity index (χ1n) is 11.5. The lowest BCUT2D eigenvalue weighted by molar-refractivity contribution is 0.148. The summed E-state index contributed by atoms with van der Waals surface area (Å²) in [5, 5.41) is 31.4. The van der Waals surface area contributed by atoms with Gasteiger partial charge in [0.2, 0.25) is 0 Å². The van der Waals surface area contributed by atoms with Crippen LogP contribution in [0.25, 0.3) is 28.3 Å². The van der Waals surface area contributed by atoms with Crippen molar-refractivity contribution in [2.75, 3.05) is 31.6 Å². The van der Waals surface area contributed by atoms with Crippen molar-refractivity contribution in [3.63, 3.8) is 0 Å². The molecule has 170 valence electrons. The lowest BCUT2D eigenvalue weighted by Crippen LogP contribution is -2.28. The number of nitriles is 1. The minimum atomic E-state index is -0.332. The van der Waals surface area contributed by atoms with Gasteiger partial charge in [-0.15, -0.1) is 10.2 Å². The number of nitrogens with zero attached hydrogens (tertiary/aromatic N) is 6. The van der Waals surface area contributed by atoms with Crippen LogP contribution in [0.3, 0.4) is 0 Å². The summed E-state index contributed by atoms with van der Waals surface area (Å²) in [6, 6.07) is 18.4. The second kappa shape index (κ2) is 8.13. The molecule has 0 bridgehead atoms. The Bertz CT molecular complexity index is 1400. The first kappa shape index (κ1) is 20.7. The first-order valence-corrected chi connectivity index (χ1v) is 11.5. The number of hydrogen-bond donors (Lipinski definition) is 2. The minimum absolute atomic E-state index is 0.222. The Morgan fingerprint density at radius 3 is 2.76 bits per heavy atom. The van der Waals surface area contributed by atoms with E-state index in [9.17, 15) is 5.11 Å². The number of benzene rings is 2. The summed E-state index contributed by atoms with van der Waals surface area (Å²) in [5.41, 5.74) is 7.14. The third kappa shape index (κ3) is 3.37. The molecule has 34 heavy (non-hydrogen) atoms. The van der Waals surface area contributed by atoms with E-state index in [0.29, 0.717) is 18.7 Å². The fourth-order valence-corrected chi connectivity index (χ4v) is 5.15. The predicted octanol–water partition coefficient (Wildman–Crippen LogP) is 2.65. The maximum absolute atomic E-state index is 10.5. The fourth-order valence-electron chi connectivity index (χ4n) is 5.15. The third-order valence-corrected chi connectivity index (χ3v) is 6.92. The Morgan fingerprint density at radius 2 is 1.97 bits per heavy atom. The molecule has 4 aromatic rings. The van der Waals surface area contributed by atoms with Crippen LogP contribution in [-0.4, -0.2) is 57.2 Å². The third-order valence-electron chi connectivity index (χ3n) is 6.92. The fraction of sp³-hybridized carbons (Fsp3) is 0.269. The van der Waals surface area contributed by atoms with Crippen LogP contribution in [0.2, 0.25) is 0 Å². The number of aromatic nitrogens is 4. The lowest BCUT2D eigenvalue weighted by atomic mass is 10.1. The number of fused-ring (bicyclic) bond motifs is 5. The van der Waals surface area contributed by atoms with Crippen molar-refractivity contribution in [2.24, 2.45) is 5.92 Å². The van der Waals surface area contributed by atoms with Gasteiger partial charge in [0.15, 0.2) is 5.82 Å². The molecule has 2 aliphatic rings. The summed E-state index contributed by atoms with van der Waals surface area (Å²) >= 11 is 0. The zero-order chi connectivity index (χ0) is 23.2. The van der Waals surface area contributed by atoms with Crippen molar-refractivity contribution < 1.29 is 5.11 Å². The molecule has 8 heteroatoms. The second-order valence-electron chi connectivity index (χ2n) is 9.06. The molecule has 0 radical (unpaired) electrons. The molecule has 6 rings (SSSR count). The van der Waals surface area contributed by atoms with Gasteiger partial charge in [0.1, 0.15) is 6.33 Å². The Kier molecular flexibility index (Phi) is 4.94. The number of hydrogen-bond acceptors (Lipinski definition) is 6. The molecular formula is C26H25N7O. The van der Waals surface area contributed by atoms with E-state index in [1.165, 1.54) is 5.56 Å². The quantitative estimate of drug-likeness (QED) is 0.436. The molecule has 1 saturated heterocycles. The van der Waals surface area contributed by atoms with Gasteiger partial charge in [0.05, 0.1) is 29.1 Å². The Morgan fingerprint density at radius 1 is 1.12 bits per heavy atom. The molecule has 2 aliphatic heterocycles. The normalized spacial score (nSPS) is 18.7. The van der Waals surface area contributed by atoms with Crippen molar-refractivity contribution in [3.8, 4) is 34.4 Å². The van der Waals surface area contributed by atoms with Gasteiger partial charge in [-0.25, -0.2) is 0 Å². The van der Waals surface area contributed by atoms with Crippen LogP contribution in [0.4, 0.5) is 5.69 Å². The molecular weight excluding hydrogens is 426 g/mol.